The van der Waals surface area contributed by atoms with E-state index < -0.39 is 36.1 Å². The third-order valence-corrected chi connectivity index (χ3v) is 6.07. The van der Waals surface area contributed by atoms with Crippen LogP contribution in [0.2, 0.25) is 0 Å². The van der Waals surface area contributed by atoms with Crippen molar-refractivity contribution in [2.45, 2.75) is 69.7 Å². The van der Waals surface area contributed by atoms with Gasteiger partial charge in [-0.1, -0.05) is 31.0 Å². The SMILES string of the molecule is C[C@H]([C@@H]1O[C@H]1C[C@@H]1OC[C@H](CC(=O)CC(=O)C#Cc2ccccc2)[C@@H](O)[C@H]1O)[C@H](C)O. The highest BCUT2D eigenvalue weighted by Gasteiger charge is 2.48. The van der Waals surface area contributed by atoms with Gasteiger partial charge in [0.25, 0.3) is 0 Å². The first kappa shape index (κ1) is 23.6. The number of aliphatic hydroxyl groups is 3. The maximum atomic E-state index is 12.3. The zero-order valence-corrected chi connectivity index (χ0v) is 17.8. The van der Waals surface area contributed by atoms with Crippen LogP contribution in [0.15, 0.2) is 30.3 Å². The number of ketones is 2. The van der Waals surface area contributed by atoms with Crippen LogP contribution in [-0.4, -0.2) is 70.1 Å². The molecule has 0 aromatic heterocycles. The van der Waals surface area contributed by atoms with Gasteiger partial charge in [-0.3, -0.25) is 9.59 Å². The Kier molecular flexibility index (Phi) is 7.98. The normalized spacial score (nSPS) is 31.8. The first-order valence-corrected chi connectivity index (χ1v) is 10.7. The topological polar surface area (TPSA) is 117 Å². The number of aliphatic hydroxyl groups excluding tert-OH is 3. The van der Waals surface area contributed by atoms with Crippen molar-refractivity contribution in [3.8, 4) is 11.8 Å². The largest absolute Gasteiger partial charge is 0.393 e. The predicted octanol–water partition coefficient (Wildman–Crippen LogP) is 0.868. The van der Waals surface area contributed by atoms with Crippen LogP contribution >= 0.6 is 0 Å². The lowest BCUT2D eigenvalue weighted by molar-refractivity contribution is -0.170. The van der Waals surface area contributed by atoms with Gasteiger partial charge >= 0.3 is 0 Å². The maximum Gasteiger partial charge on any atom is 0.213 e. The third kappa shape index (κ3) is 6.45. The number of ether oxygens (including phenoxy) is 2. The van der Waals surface area contributed by atoms with Crippen molar-refractivity contribution in [2.75, 3.05) is 6.61 Å². The smallest absolute Gasteiger partial charge is 0.213 e. The number of benzene rings is 1. The van der Waals surface area contributed by atoms with E-state index in [1.165, 1.54) is 0 Å². The van der Waals surface area contributed by atoms with Crippen molar-refractivity contribution >= 4 is 11.6 Å². The van der Waals surface area contributed by atoms with Gasteiger partial charge in [-0.05, 0) is 25.0 Å². The Bertz CT molecular complexity index is 825. The maximum absolute atomic E-state index is 12.3. The van der Waals surface area contributed by atoms with E-state index in [1.54, 1.807) is 19.1 Å². The van der Waals surface area contributed by atoms with Crippen molar-refractivity contribution < 1.29 is 34.4 Å². The Labute approximate surface area is 182 Å². The van der Waals surface area contributed by atoms with E-state index in [-0.39, 0.29) is 43.4 Å². The molecular formula is C24H30O7. The van der Waals surface area contributed by atoms with Gasteiger partial charge in [0, 0.05) is 30.2 Å². The molecule has 0 saturated carbocycles. The molecule has 0 radical (unpaired) electrons. The molecule has 0 amide bonds. The lowest BCUT2D eigenvalue weighted by Gasteiger charge is -2.37. The highest BCUT2D eigenvalue weighted by molar-refractivity contribution is 6.08. The predicted molar refractivity (Wildman–Crippen MR) is 112 cm³/mol. The van der Waals surface area contributed by atoms with Crippen LogP contribution in [0.4, 0.5) is 0 Å². The van der Waals surface area contributed by atoms with Crippen LogP contribution in [0.3, 0.4) is 0 Å². The van der Waals surface area contributed by atoms with Gasteiger partial charge in [-0.15, -0.1) is 0 Å². The molecule has 3 rings (SSSR count). The summed E-state index contributed by atoms with van der Waals surface area (Å²) >= 11 is 0. The molecule has 3 N–H and O–H groups in total. The minimum Gasteiger partial charge on any atom is -0.393 e. The van der Waals surface area contributed by atoms with Gasteiger partial charge in [0.15, 0.2) is 0 Å². The van der Waals surface area contributed by atoms with Crippen LogP contribution < -0.4 is 0 Å². The molecule has 2 heterocycles. The number of carbonyl (C=O) groups excluding carboxylic acids is 2. The van der Waals surface area contributed by atoms with Gasteiger partial charge in [0.05, 0.1) is 43.5 Å². The first-order chi connectivity index (χ1) is 14.8. The number of Topliss-reactive ketones (excluding diaryl/α,β-unsaturated/α-hetero) is 2. The summed E-state index contributed by atoms with van der Waals surface area (Å²) in [4.78, 5) is 24.2. The first-order valence-electron chi connectivity index (χ1n) is 10.7. The van der Waals surface area contributed by atoms with Crippen molar-refractivity contribution in [1.82, 2.24) is 0 Å². The highest BCUT2D eigenvalue weighted by Crippen LogP contribution is 2.37. The van der Waals surface area contributed by atoms with Crippen molar-refractivity contribution in [1.29, 1.82) is 0 Å². The Balaban J connectivity index is 1.44. The van der Waals surface area contributed by atoms with Gasteiger partial charge in [0.1, 0.15) is 11.9 Å². The fourth-order valence-electron chi connectivity index (χ4n) is 3.89. The molecule has 7 heteroatoms. The van der Waals surface area contributed by atoms with E-state index in [1.807, 2.05) is 25.1 Å². The van der Waals surface area contributed by atoms with Crippen molar-refractivity contribution in [3.05, 3.63) is 35.9 Å². The molecule has 0 aliphatic carbocycles. The zero-order chi connectivity index (χ0) is 22.5. The summed E-state index contributed by atoms with van der Waals surface area (Å²) in [5.74, 6) is 3.75. The quantitative estimate of drug-likeness (QED) is 0.318. The van der Waals surface area contributed by atoms with E-state index >= 15 is 0 Å². The van der Waals surface area contributed by atoms with E-state index in [9.17, 15) is 24.9 Å². The molecule has 31 heavy (non-hydrogen) atoms. The molecule has 0 spiro atoms. The average molecular weight is 430 g/mol. The average Bonchev–Trinajstić information content (AvgIpc) is 3.51. The van der Waals surface area contributed by atoms with E-state index in [2.05, 4.69) is 11.8 Å². The molecule has 0 bridgehead atoms. The summed E-state index contributed by atoms with van der Waals surface area (Å²) in [6.07, 6.45) is -3.57. The molecule has 7 nitrogen and oxygen atoms in total. The third-order valence-electron chi connectivity index (χ3n) is 6.07. The van der Waals surface area contributed by atoms with Gasteiger partial charge in [-0.25, -0.2) is 0 Å². The summed E-state index contributed by atoms with van der Waals surface area (Å²) in [6, 6.07) is 9.02. The lowest BCUT2D eigenvalue weighted by Crippen LogP contribution is -2.51. The van der Waals surface area contributed by atoms with Crippen LogP contribution in [0.25, 0.3) is 0 Å². The molecule has 2 aliphatic rings. The second-order valence-electron chi connectivity index (χ2n) is 8.55. The molecule has 2 fully saturated rings. The summed E-state index contributed by atoms with van der Waals surface area (Å²) in [5, 5.41) is 30.6. The molecule has 168 valence electrons. The molecule has 1 aromatic rings. The van der Waals surface area contributed by atoms with E-state index in [4.69, 9.17) is 9.47 Å². The van der Waals surface area contributed by atoms with Gasteiger partial charge < -0.3 is 24.8 Å². The lowest BCUT2D eigenvalue weighted by atomic mass is 9.86. The van der Waals surface area contributed by atoms with E-state index in [0.717, 1.165) is 0 Å². The second-order valence-corrected chi connectivity index (χ2v) is 8.55. The van der Waals surface area contributed by atoms with Crippen LogP contribution in [0, 0.1) is 23.7 Å². The minimum absolute atomic E-state index is 0.0245. The molecule has 0 unspecified atom stereocenters. The van der Waals surface area contributed by atoms with Crippen LogP contribution in [0.1, 0.15) is 38.7 Å². The number of hydrogen-bond donors (Lipinski definition) is 3. The fraction of sp³-hybridized carbons (Fsp3) is 0.583. The Morgan fingerprint density at radius 1 is 1.13 bits per heavy atom. The number of hydrogen-bond acceptors (Lipinski definition) is 7. The summed E-state index contributed by atoms with van der Waals surface area (Å²) < 4.78 is 11.3. The number of rotatable bonds is 8. The molecule has 1 aromatic carbocycles. The van der Waals surface area contributed by atoms with Gasteiger partial charge in [-0.2, -0.15) is 0 Å². The Hall–Kier alpha value is -2.08. The number of epoxide rings is 1. The minimum atomic E-state index is -1.15. The van der Waals surface area contributed by atoms with E-state index in [0.29, 0.717) is 12.0 Å². The molecule has 2 saturated heterocycles. The second kappa shape index (κ2) is 10.5. The summed E-state index contributed by atoms with van der Waals surface area (Å²) in [7, 11) is 0. The van der Waals surface area contributed by atoms with Crippen molar-refractivity contribution in [2.24, 2.45) is 11.8 Å². The zero-order valence-electron chi connectivity index (χ0n) is 17.8. The fourth-order valence-corrected chi connectivity index (χ4v) is 3.89. The highest BCUT2D eigenvalue weighted by atomic mass is 16.6. The van der Waals surface area contributed by atoms with Crippen LogP contribution in [0.5, 0.6) is 0 Å². The Morgan fingerprint density at radius 2 is 1.84 bits per heavy atom. The van der Waals surface area contributed by atoms with Crippen molar-refractivity contribution in [3.63, 3.8) is 0 Å². The Morgan fingerprint density at radius 3 is 2.52 bits per heavy atom. The summed E-state index contributed by atoms with van der Waals surface area (Å²) in [6.45, 7) is 3.72. The van der Waals surface area contributed by atoms with Gasteiger partial charge in [0.2, 0.25) is 5.78 Å². The van der Waals surface area contributed by atoms with Crippen LogP contribution in [-0.2, 0) is 19.1 Å². The standard InChI is InChI=1S/C24H30O7/c1-14(15(2)25)24-21(31-24)12-20-23(29)22(28)17(13-30-20)10-19(27)11-18(26)9-8-16-6-4-3-5-7-16/h3-7,14-15,17,20-25,28-29H,10-13H2,1-2H3/t14-,15-,17-,20-,21-,22+,23-,24-/m0/s1. The summed E-state index contributed by atoms with van der Waals surface area (Å²) in [5.41, 5.74) is 0.693. The monoisotopic (exact) mass is 430 g/mol. The number of carbonyl (C=O) groups is 2. The molecule has 8 atom stereocenters. The molecular weight excluding hydrogens is 400 g/mol. The molecule has 2 aliphatic heterocycles.